The number of benzene rings is 1. The van der Waals surface area contributed by atoms with Gasteiger partial charge in [0.15, 0.2) is 5.15 Å². The third kappa shape index (κ3) is 2.76. The average molecular weight is 314 g/mol. The van der Waals surface area contributed by atoms with Gasteiger partial charge in [-0.3, -0.25) is 0 Å². The number of nitrogens with zero attached hydrogens (tertiary/aromatic N) is 2. The molecule has 1 aromatic carbocycles. The van der Waals surface area contributed by atoms with E-state index in [2.05, 4.69) is 25.9 Å². The van der Waals surface area contributed by atoms with Gasteiger partial charge >= 0.3 is 0 Å². The lowest BCUT2D eigenvalue weighted by Crippen LogP contribution is -1.93. The van der Waals surface area contributed by atoms with Gasteiger partial charge in [0.1, 0.15) is 16.5 Å². The maximum absolute atomic E-state index is 5.87. The standard InChI is InChI=1S/C12H10BrClN2O/c1-7-3-4-9(8(2)5-7)17-12-10(13)11(14)15-6-16-12/h3-6H,1-2H3. The first-order valence-electron chi connectivity index (χ1n) is 4.99. The highest BCUT2D eigenvalue weighted by Crippen LogP contribution is 2.32. The van der Waals surface area contributed by atoms with Gasteiger partial charge in [0, 0.05) is 0 Å². The molecule has 0 spiro atoms. The molecule has 0 fully saturated rings. The number of hydrogen-bond acceptors (Lipinski definition) is 3. The molecular weight excluding hydrogens is 304 g/mol. The Morgan fingerprint density at radius 2 is 2.00 bits per heavy atom. The Hall–Kier alpha value is -1.13. The zero-order valence-corrected chi connectivity index (χ0v) is 11.7. The van der Waals surface area contributed by atoms with Crippen LogP contribution in [0.4, 0.5) is 0 Å². The van der Waals surface area contributed by atoms with Gasteiger partial charge in [0.05, 0.1) is 0 Å². The summed E-state index contributed by atoms with van der Waals surface area (Å²) in [6.45, 7) is 4.02. The van der Waals surface area contributed by atoms with Crippen molar-refractivity contribution in [3.63, 3.8) is 0 Å². The summed E-state index contributed by atoms with van der Waals surface area (Å²) in [5, 5.41) is 0.333. The molecule has 88 valence electrons. The molecule has 0 unspecified atom stereocenters. The Balaban J connectivity index is 2.35. The van der Waals surface area contributed by atoms with Gasteiger partial charge in [-0.1, -0.05) is 29.3 Å². The van der Waals surface area contributed by atoms with Crippen LogP contribution in [0.15, 0.2) is 29.0 Å². The molecular formula is C12H10BrClN2O. The fourth-order valence-corrected chi connectivity index (χ4v) is 1.83. The second-order valence-electron chi connectivity index (χ2n) is 3.65. The van der Waals surface area contributed by atoms with Gasteiger partial charge in [-0.25, -0.2) is 9.97 Å². The highest BCUT2D eigenvalue weighted by molar-refractivity contribution is 9.10. The molecule has 0 saturated carbocycles. The maximum atomic E-state index is 5.87. The normalized spacial score (nSPS) is 10.4. The quantitative estimate of drug-likeness (QED) is 0.775. The molecule has 0 aliphatic carbocycles. The number of aryl methyl sites for hydroxylation is 2. The van der Waals surface area contributed by atoms with Crippen molar-refractivity contribution < 1.29 is 4.74 Å². The minimum Gasteiger partial charge on any atom is -0.437 e. The van der Waals surface area contributed by atoms with E-state index < -0.39 is 0 Å². The van der Waals surface area contributed by atoms with Crippen molar-refractivity contribution in [2.75, 3.05) is 0 Å². The Morgan fingerprint density at radius 3 is 2.71 bits per heavy atom. The SMILES string of the molecule is Cc1ccc(Oc2ncnc(Cl)c2Br)c(C)c1. The molecule has 0 radical (unpaired) electrons. The molecule has 1 aromatic heterocycles. The molecule has 1 heterocycles. The van der Waals surface area contributed by atoms with Crippen LogP contribution >= 0.6 is 27.5 Å². The van der Waals surface area contributed by atoms with Crippen LogP contribution in [0, 0.1) is 13.8 Å². The van der Waals surface area contributed by atoms with E-state index in [1.807, 2.05) is 32.0 Å². The summed E-state index contributed by atoms with van der Waals surface area (Å²) in [7, 11) is 0. The largest absolute Gasteiger partial charge is 0.437 e. The van der Waals surface area contributed by atoms with Crippen molar-refractivity contribution in [3.05, 3.63) is 45.3 Å². The van der Waals surface area contributed by atoms with E-state index in [0.717, 1.165) is 11.3 Å². The van der Waals surface area contributed by atoms with Crippen LogP contribution in [-0.4, -0.2) is 9.97 Å². The van der Waals surface area contributed by atoms with E-state index in [1.54, 1.807) is 0 Å². The van der Waals surface area contributed by atoms with Crippen LogP contribution in [-0.2, 0) is 0 Å². The van der Waals surface area contributed by atoms with E-state index in [9.17, 15) is 0 Å². The molecule has 0 atom stereocenters. The molecule has 0 N–H and O–H groups in total. The smallest absolute Gasteiger partial charge is 0.238 e. The summed E-state index contributed by atoms with van der Waals surface area (Å²) in [4.78, 5) is 7.88. The summed E-state index contributed by atoms with van der Waals surface area (Å²) in [6.07, 6.45) is 1.37. The van der Waals surface area contributed by atoms with Gasteiger partial charge in [-0.15, -0.1) is 0 Å². The minimum absolute atomic E-state index is 0.333. The molecule has 17 heavy (non-hydrogen) atoms. The highest BCUT2D eigenvalue weighted by atomic mass is 79.9. The molecule has 0 aliphatic heterocycles. The average Bonchev–Trinajstić information content (AvgIpc) is 2.28. The predicted octanol–water partition coefficient (Wildman–Crippen LogP) is 4.30. The zero-order chi connectivity index (χ0) is 12.4. The lowest BCUT2D eigenvalue weighted by atomic mass is 10.1. The monoisotopic (exact) mass is 312 g/mol. The predicted molar refractivity (Wildman–Crippen MR) is 70.7 cm³/mol. The maximum Gasteiger partial charge on any atom is 0.238 e. The van der Waals surface area contributed by atoms with Crippen LogP contribution in [0.3, 0.4) is 0 Å². The first kappa shape index (κ1) is 12.3. The van der Waals surface area contributed by atoms with Gasteiger partial charge < -0.3 is 4.74 Å². The van der Waals surface area contributed by atoms with Gasteiger partial charge in [0.25, 0.3) is 0 Å². The van der Waals surface area contributed by atoms with E-state index in [4.69, 9.17) is 16.3 Å². The minimum atomic E-state index is 0.333. The Bertz CT molecular complexity index is 560. The molecule has 0 aliphatic rings. The van der Waals surface area contributed by atoms with Gasteiger partial charge in [-0.05, 0) is 41.4 Å². The van der Waals surface area contributed by atoms with Gasteiger partial charge in [0.2, 0.25) is 5.88 Å². The van der Waals surface area contributed by atoms with Gasteiger partial charge in [-0.2, -0.15) is 0 Å². The lowest BCUT2D eigenvalue weighted by molar-refractivity contribution is 0.454. The van der Waals surface area contributed by atoms with Crippen LogP contribution in [0.2, 0.25) is 5.15 Å². The van der Waals surface area contributed by atoms with Crippen molar-refractivity contribution in [1.82, 2.24) is 9.97 Å². The number of rotatable bonds is 2. The van der Waals surface area contributed by atoms with Crippen molar-refractivity contribution in [2.24, 2.45) is 0 Å². The second kappa shape index (κ2) is 5.02. The summed E-state index contributed by atoms with van der Waals surface area (Å²) in [5.41, 5.74) is 2.24. The summed E-state index contributed by atoms with van der Waals surface area (Å²) < 4.78 is 6.25. The fraction of sp³-hybridized carbons (Fsp3) is 0.167. The van der Waals surface area contributed by atoms with Crippen molar-refractivity contribution in [2.45, 2.75) is 13.8 Å². The Morgan fingerprint density at radius 1 is 1.24 bits per heavy atom. The number of halogens is 2. The first-order chi connectivity index (χ1) is 8.08. The van der Waals surface area contributed by atoms with E-state index in [0.29, 0.717) is 15.5 Å². The molecule has 3 nitrogen and oxygen atoms in total. The van der Waals surface area contributed by atoms with Crippen molar-refractivity contribution >= 4 is 27.5 Å². The fourth-order valence-electron chi connectivity index (χ4n) is 1.42. The highest BCUT2D eigenvalue weighted by Gasteiger charge is 2.10. The molecule has 5 heteroatoms. The van der Waals surface area contributed by atoms with Crippen LogP contribution in [0.5, 0.6) is 11.6 Å². The second-order valence-corrected chi connectivity index (χ2v) is 4.81. The number of ether oxygens (including phenoxy) is 1. The summed E-state index contributed by atoms with van der Waals surface area (Å²) in [6, 6.07) is 5.94. The van der Waals surface area contributed by atoms with Crippen molar-refractivity contribution in [3.8, 4) is 11.6 Å². The van der Waals surface area contributed by atoms with Crippen molar-refractivity contribution in [1.29, 1.82) is 0 Å². The van der Waals surface area contributed by atoms with Crippen LogP contribution < -0.4 is 4.74 Å². The van der Waals surface area contributed by atoms with Crippen LogP contribution in [0.1, 0.15) is 11.1 Å². The molecule has 0 saturated heterocycles. The number of aromatic nitrogens is 2. The number of hydrogen-bond donors (Lipinski definition) is 0. The zero-order valence-electron chi connectivity index (χ0n) is 9.37. The topological polar surface area (TPSA) is 35.0 Å². The summed E-state index contributed by atoms with van der Waals surface area (Å²) >= 11 is 9.16. The molecule has 0 bridgehead atoms. The van der Waals surface area contributed by atoms with E-state index in [-0.39, 0.29) is 0 Å². The molecule has 0 amide bonds. The third-order valence-electron chi connectivity index (χ3n) is 2.25. The molecule has 2 rings (SSSR count). The molecule has 2 aromatic rings. The van der Waals surface area contributed by atoms with Crippen LogP contribution in [0.25, 0.3) is 0 Å². The third-order valence-corrected chi connectivity index (χ3v) is 3.48. The van der Waals surface area contributed by atoms with E-state index in [1.165, 1.54) is 11.9 Å². The first-order valence-corrected chi connectivity index (χ1v) is 6.16. The lowest BCUT2D eigenvalue weighted by Gasteiger charge is -2.09. The Kier molecular flexibility index (Phi) is 3.64. The Labute approximate surface area is 113 Å². The van der Waals surface area contributed by atoms with E-state index >= 15 is 0 Å². The summed E-state index contributed by atoms with van der Waals surface area (Å²) in [5.74, 6) is 1.17.